The third kappa shape index (κ3) is 5.49. The minimum atomic E-state index is 0.761. The molecule has 0 bridgehead atoms. The molecule has 1 aromatic rings. The molecule has 1 unspecified atom stereocenters. The molecule has 0 N–H and O–H groups in total. The summed E-state index contributed by atoms with van der Waals surface area (Å²) < 4.78 is 1.18. The fourth-order valence-corrected chi connectivity index (χ4v) is 2.80. The monoisotopic (exact) mass is 346 g/mol. The van der Waals surface area contributed by atoms with E-state index in [1.165, 1.54) is 29.3 Å². The van der Waals surface area contributed by atoms with Gasteiger partial charge in [0.15, 0.2) is 0 Å². The number of alkyl halides is 1. The third-order valence-electron chi connectivity index (χ3n) is 2.78. The Morgan fingerprint density at radius 3 is 2.50 bits per heavy atom. The highest BCUT2D eigenvalue weighted by Crippen LogP contribution is 2.21. The number of hydrogen-bond donors (Lipinski definition) is 0. The van der Waals surface area contributed by atoms with Crippen molar-refractivity contribution >= 4 is 31.9 Å². The van der Waals surface area contributed by atoms with Gasteiger partial charge in [0.05, 0.1) is 0 Å². The maximum absolute atomic E-state index is 3.63. The van der Waals surface area contributed by atoms with Crippen molar-refractivity contribution in [3.05, 3.63) is 34.3 Å². The summed E-state index contributed by atoms with van der Waals surface area (Å²) in [6.07, 6.45) is 3.82. The summed E-state index contributed by atoms with van der Waals surface area (Å²) in [6, 6.07) is 8.65. The highest BCUT2D eigenvalue weighted by molar-refractivity contribution is 9.10. The van der Waals surface area contributed by atoms with E-state index in [1.807, 2.05) is 0 Å². The van der Waals surface area contributed by atoms with E-state index in [9.17, 15) is 0 Å². The Labute approximate surface area is 116 Å². The average molecular weight is 348 g/mol. The van der Waals surface area contributed by atoms with Crippen LogP contribution in [0.15, 0.2) is 28.7 Å². The minimum Gasteiger partial charge on any atom is -0.0925 e. The molecule has 0 aliphatic carbocycles. The molecule has 16 heavy (non-hydrogen) atoms. The molecule has 1 atom stereocenters. The number of benzene rings is 1. The lowest BCUT2D eigenvalue weighted by molar-refractivity contribution is 0.455. The third-order valence-corrected chi connectivity index (χ3v) is 4.19. The summed E-state index contributed by atoms with van der Waals surface area (Å²) in [5.41, 5.74) is 1.43. The number of halogens is 2. The molecule has 1 aromatic carbocycles. The molecule has 0 amide bonds. The highest BCUT2D eigenvalue weighted by Gasteiger charge is 2.09. The summed E-state index contributed by atoms with van der Waals surface area (Å²) in [6.45, 7) is 4.59. The Bertz CT molecular complexity index is 307. The zero-order valence-corrected chi connectivity index (χ0v) is 13.2. The van der Waals surface area contributed by atoms with E-state index < -0.39 is 0 Å². The minimum absolute atomic E-state index is 0.761. The maximum Gasteiger partial charge on any atom is 0.0177 e. The molecular formula is C14H20Br2. The van der Waals surface area contributed by atoms with Crippen molar-refractivity contribution in [2.45, 2.75) is 33.1 Å². The molecule has 0 nitrogen and oxygen atoms in total. The Balaban J connectivity index is 2.49. The quantitative estimate of drug-likeness (QED) is 0.601. The molecular weight excluding hydrogens is 328 g/mol. The smallest absolute Gasteiger partial charge is 0.0177 e. The second-order valence-corrected chi connectivity index (χ2v) is 6.39. The van der Waals surface area contributed by atoms with Gasteiger partial charge in [0.2, 0.25) is 0 Å². The van der Waals surface area contributed by atoms with Crippen molar-refractivity contribution < 1.29 is 0 Å². The average Bonchev–Trinajstić information content (AvgIpc) is 2.24. The van der Waals surface area contributed by atoms with Gasteiger partial charge in [-0.3, -0.25) is 0 Å². The van der Waals surface area contributed by atoms with Crippen molar-refractivity contribution in [3.8, 4) is 0 Å². The van der Waals surface area contributed by atoms with Gasteiger partial charge < -0.3 is 0 Å². The van der Waals surface area contributed by atoms with Crippen molar-refractivity contribution in [2.24, 2.45) is 11.8 Å². The van der Waals surface area contributed by atoms with E-state index in [4.69, 9.17) is 0 Å². The molecule has 0 saturated carbocycles. The van der Waals surface area contributed by atoms with Crippen molar-refractivity contribution in [1.82, 2.24) is 0 Å². The lowest BCUT2D eigenvalue weighted by Gasteiger charge is -2.15. The molecule has 90 valence electrons. The Kier molecular flexibility index (Phi) is 6.67. The van der Waals surface area contributed by atoms with Crippen LogP contribution in [0.4, 0.5) is 0 Å². The molecule has 0 aliphatic heterocycles. The predicted molar refractivity (Wildman–Crippen MR) is 79.2 cm³/mol. The van der Waals surface area contributed by atoms with Crippen LogP contribution in [-0.4, -0.2) is 5.33 Å². The second kappa shape index (κ2) is 7.50. The summed E-state index contributed by atoms with van der Waals surface area (Å²) in [7, 11) is 0. The molecule has 2 heteroatoms. The molecule has 0 aromatic heterocycles. The van der Waals surface area contributed by atoms with Crippen molar-refractivity contribution in [2.75, 3.05) is 5.33 Å². The molecule has 0 saturated heterocycles. The van der Waals surface area contributed by atoms with Gasteiger partial charge in [-0.25, -0.2) is 0 Å². The van der Waals surface area contributed by atoms with E-state index in [0.717, 1.165) is 17.2 Å². The van der Waals surface area contributed by atoms with Crippen LogP contribution in [0, 0.1) is 11.8 Å². The second-order valence-electron chi connectivity index (χ2n) is 4.83. The molecule has 1 rings (SSSR count). The molecule has 0 radical (unpaired) electrons. The molecule has 0 spiro atoms. The summed E-state index contributed by atoms with van der Waals surface area (Å²) >= 11 is 7.15. The molecule has 0 aliphatic rings. The van der Waals surface area contributed by atoms with E-state index in [2.05, 4.69) is 70.0 Å². The lowest BCUT2D eigenvalue weighted by Crippen LogP contribution is -2.07. The molecule has 0 heterocycles. The first-order valence-electron chi connectivity index (χ1n) is 5.92. The standard InChI is InChI=1S/C14H20Br2/c1-11(2)6-7-13(10-15)8-12-4-3-5-14(16)9-12/h3-5,9,11,13H,6-8,10H2,1-2H3. The first-order chi connectivity index (χ1) is 7.61. The number of rotatable bonds is 6. The maximum atomic E-state index is 3.63. The van der Waals surface area contributed by atoms with Gasteiger partial charge in [-0.05, 0) is 42.4 Å². The Hall–Kier alpha value is 0.180. The van der Waals surface area contributed by atoms with E-state index in [-0.39, 0.29) is 0 Å². The summed E-state index contributed by atoms with van der Waals surface area (Å²) in [5, 5.41) is 1.10. The fourth-order valence-electron chi connectivity index (χ4n) is 1.80. The van der Waals surface area contributed by atoms with Crippen LogP contribution >= 0.6 is 31.9 Å². The van der Waals surface area contributed by atoms with Crippen LogP contribution in [0.5, 0.6) is 0 Å². The predicted octanol–water partition coefficient (Wildman–Crippen LogP) is 5.44. The first-order valence-corrected chi connectivity index (χ1v) is 7.83. The first kappa shape index (κ1) is 14.2. The topological polar surface area (TPSA) is 0 Å². The van der Waals surface area contributed by atoms with Gasteiger partial charge >= 0.3 is 0 Å². The fraction of sp³-hybridized carbons (Fsp3) is 0.571. The van der Waals surface area contributed by atoms with E-state index in [0.29, 0.717) is 0 Å². The zero-order valence-electron chi connectivity index (χ0n) is 10.0. The van der Waals surface area contributed by atoms with Gasteiger partial charge in [0, 0.05) is 9.80 Å². The van der Waals surface area contributed by atoms with Crippen molar-refractivity contribution in [1.29, 1.82) is 0 Å². The van der Waals surface area contributed by atoms with Crippen LogP contribution in [0.3, 0.4) is 0 Å². The van der Waals surface area contributed by atoms with E-state index in [1.54, 1.807) is 0 Å². The molecule has 0 fully saturated rings. The van der Waals surface area contributed by atoms with Gasteiger partial charge in [-0.2, -0.15) is 0 Å². The van der Waals surface area contributed by atoms with E-state index >= 15 is 0 Å². The van der Waals surface area contributed by atoms with Crippen LogP contribution in [0.2, 0.25) is 0 Å². The SMILES string of the molecule is CC(C)CCC(CBr)Cc1cccc(Br)c1. The van der Waals surface area contributed by atoms with Gasteiger partial charge in [0.25, 0.3) is 0 Å². The lowest BCUT2D eigenvalue weighted by atomic mass is 9.93. The van der Waals surface area contributed by atoms with Crippen LogP contribution < -0.4 is 0 Å². The van der Waals surface area contributed by atoms with Gasteiger partial charge in [-0.15, -0.1) is 0 Å². The van der Waals surface area contributed by atoms with Crippen LogP contribution in [0.1, 0.15) is 32.3 Å². The van der Waals surface area contributed by atoms with Crippen molar-refractivity contribution in [3.63, 3.8) is 0 Å². The summed E-state index contributed by atoms with van der Waals surface area (Å²) in [4.78, 5) is 0. The number of hydrogen-bond acceptors (Lipinski definition) is 0. The van der Waals surface area contributed by atoms with Crippen LogP contribution in [-0.2, 0) is 6.42 Å². The normalized spacial score (nSPS) is 13.1. The Morgan fingerprint density at radius 1 is 1.19 bits per heavy atom. The zero-order chi connectivity index (χ0) is 12.0. The largest absolute Gasteiger partial charge is 0.0925 e. The highest BCUT2D eigenvalue weighted by atomic mass is 79.9. The van der Waals surface area contributed by atoms with Crippen LogP contribution in [0.25, 0.3) is 0 Å². The summed E-state index contributed by atoms with van der Waals surface area (Å²) in [5.74, 6) is 1.57. The van der Waals surface area contributed by atoms with Gasteiger partial charge in [0.1, 0.15) is 0 Å². The van der Waals surface area contributed by atoms with Gasteiger partial charge in [-0.1, -0.05) is 64.3 Å². The Morgan fingerprint density at radius 2 is 1.94 bits per heavy atom.